The van der Waals surface area contributed by atoms with Crippen LogP contribution < -0.4 is 20.1 Å². The Bertz CT molecular complexity index is 1270. The molecule has 1 atom stereocenters. The van der Waals surface area contributed by atoms with E-state index in [4.69, 9.17) is 14.2 Å². The van der Waals surface area contributed by atoms with E-state index in [2.05, 4.69) is 15.6 Å². The summed E-state index contributed by atoms with van der Waals surface area (Å²) in [7, 11) is 0. The van der Waals surface area contributed by atoms with E-state index >= 15 is 0 Å². The first-order valence-corrected chi connectivity index (χ1v) is 13.6. The first-order valence-electron chi connectivity index (χ1n) is 12.7. The number of carboxylic acids is 1. The van der Waals surface area contributed by atoms with Crippen molar-refractivity contribution < 1.29 is 28.9 Å². The number of anilines is 1. The molecule has 38 heavy (non-hydrogen) atoms. The van der Waals surface area contributed by atoms with Crippen LogP contribution in [0.25, 0.3) is 0 Å². The SMILES string of the molecule is C[C@]1(CC(=O)Nc2nccs2)NCCc2cc(OCC3CCOCC3)c(Oc3ccc(C(=O)O)cc3)cc21. The summed E-state index contributed by atoms with van der Waals surface area (Å²) in [5, 5.41) is 18.0. The van der Waals surface area contributed by atoms with Crippen molar-refractivity contribution in [3.05, 3.63) is 64.7 Å². The van der Waals surface area contributed by atoms with Crippen LogP contribution in [-0.2, 0) is 21.5 Å². The predicted molar refractivity (Wildman–Crippen MR) is 143 cm³/mol. The number of rotatable bonds is 9. The normalized spacial score (nSPS) is 19.4. The third-order valence-corrected chi connectivity index (χ3v) is 7.70. The van der Waals surface area contributed by atoms with E-state index in [1.54, 1.807) is 18.3 Å². The van der Waals surface area contributed by atoms with Crippen molar-refractivity contribution in [1.29, 1.82) is 0 Å². The highest BCUT2D eigenvalue weighted by atomic mass is 32.1. The molecule has 2 aromatic carbocycles. The molecule has 0 bridgehead atoms. The van der Waals surface area contributed by atoms with Gasteiger partial charge in [-0.05, 0) is 79.6 Å². The van der Waals surface area contributed by atoms with Crippen LogP contribution in [0.4, 0.5) is 5.13 Å². The van der Waals surface area contributed by atoms with Crippen molar-refractivity contribution in [3.8, 4) is 17.2 Å². The number of carboxylic acid groups (broad SMARTS) is 1. The van der Waals surface area contributed by atoms with Gasteiger partial charge in [-0.15, -0.1) is 11.3 Å². The molecule has 200 valence electrons. The Morgan fingerprint density at radius 3 is 2.71 bits per heavy atom. The zero-order valence-corrected chi connectivity index (χ0v) is 22.0. The van der Waals surface area contributed by atoms with Gasteiger partial charge in [0.1, 0.15) is 5.75 Å². The maximum Gasteiger partial charge on any atom is 0.335 e. The summed E-state index contributed by atoms with van der Waals surface area (Å²) in [6.07, 6.45) is 4.57. The molecule has 3 N–H and O–H groups in total. The van der Waals surface area contributed by atoms with Crippen LogP contribution in [0.15, 0.2) is 48.0 Å². The zero-order valence-electron chi connectivity index (χ0n) is 21.2. The van der Waals surface area contributed by atoms with Crippen molar-refractivity contribution in [2.75, 3.05) is 31.7 Å². The first-order chi connectivity index (χ1) is 18.4. The third kappa shape index (κ3) is 6.15. The lowest BCUT2D eigenvalue weighted by molar-refractivity contribution is -0.117. The third-order valence-electron chi connectivity index (χ3n) is 7.01. The number of nitrogens with one attached hydrogen (secondary N) is 2. The quantitative estimate of drug-likeness (QED) is 0.355. The summed E-state index contributed by atoms with van der Waals surface area (Å²) in [4.78, 5) is 28.3. The van der Waals surface area contributed by atoms with Gasteiger partial charge in [0.05, 0.1) is 12.2 Å². The summed E-state index contributed by atoms with van der Waals surface area (Å²) in [5.41, 5.74) is 1.62. The average molecular weight is 538 g/mol. The highest BCUT2D eigenvalue weighted by molar-refractivity contribution is 7.13. The lowest BCUT2D eigenvalue weighted by Gasteiger charge is -2.37. The molecule has 1 amide bonds. The molecule has 3 aromatic rings. The topological polar surface area (TPSA) is 119 Å². The number of aromatic carboxylic acids is 1. The van der Waals surface area contributed by atoms with Gasteiger partial charge in [0.2, 0.25) is 5.91 Å². The second kappa shape index (κ2) is 11.5. The fourth-order valence-corrected chi connectivity index (χ4v) is 5.47. The molecule has 5 rings (SSSR count). The maximum absolute atomic E-state index is 12.9. The van der Waals surface area contributed by atoms with Crippen molar-refractivity contribution in [2.24, 2.45) is 5.92 Å². The number of hydrogen-bond donors (Lipinski definition) is 3. The highest BCUT2D eigenvalue weighted by Crippen LogP contribution is 2.41. The summed E-state index contributed by atoms with van der Waals surface area (Å²) in [5.74, 6) is 0.933. The Labute approximate surface area is 225 Å². The Hall–Kier alpha value is -3.47. The number of fused-ring (bicyclic) bond motifs is 1. The minimum atomic E-state index is -0.997. The Balaban J connectivity index is 1.43. The summed E-state index contributed by atoms with van der Waals surface area (Å²) >= 11 is 1.38. The monoisotopic (exact) mass is 537 g/mol. The first kappa shape index (κ1) is 26.1. The molecule has 9 nitrogen and oxygen atoms in total. The van der Waals surface area contributed by atoms with E-state index < -0.39 is 11.5 Å². The lowest BCUT2D eigenvalue weighted by Crippen LogP contribution is -2.47. The minimum Gasteiger partial charge on any atom is -0.489 e. The number of aromatic nitrogens is 1. The van der Waals surface area contributed by atoms with E-state index in [0.717, 1.165) is 50.1 Å². The van der Waals surface area contributed by atoms with Gasteiger partial charge in [-0.1, -0.05) is 0 Å². The molecule has 1 aromatic heterocycles. The predicted octanol–water partition coefficient (Wildman–Crippen LogP) is 4.83. The van der Waals surface area contributed by atoms with Gasteiger partial charge in [-0.3, -0.25) is 4.79 Å². The van der Waals surface area contributed by atoms with Gasteiger partial charge in [0.15, 0.2) is 16.6 Å². The van der Waals surface area contributed by atoms with Gasteiger partial charge in [-0.25, -0.2) is 9.78 Å². The Morgan fingerprint density at radius 1 is 1.21 bits per heavy atom. The van der Waals surface area contributed by atoms with E-state index in [1.807, 2.05) is 24.4 Å². The van der Waals surface area contributed by atoms with Gasteiger partial charge in [0, 0.05) is 43.3 Å². The maximum atomic E-state index is 12.9. The second-order valence-corrected chi connectivity index (χ2v) is 10.7. The molecule has 0 saturated carbocycles. The van der Waals surface area contributed by atoms with Gasteiger partial charge < -0.3 is 30.0 Å². The molecule has 2 aliphatic heterocycles. The van der Waals surface area contributed by atoms with Crippen LogP contribution >= 0.6 is 11.3 Å². The Kier molecular flexibility index (Phi) is 7.92. The lowest BCUT2D eigenvalue weighted by atomic mass is 9.81. The molecule has 0 unspecified atom stereocenters. The Morgan fingerprint density at radius 2 is 2.00 bits per heavy atom. The number of benzene rings is 2. The molecule has 1 saturated heterocycles. The highest BCUT2D eigenvalue weighted by Gasteiger charge is 2.35. The zero-order chi connectivity index (χ0) is 26.5. The average Bonchev–Trinajstić information content (AvgIpc) is 3.41. The van der Waals surface area contributed by atoms with Crippen molar-refractivity contribution in [1.82, 2.24) is 10.3 Å². The summed E-state index contributed by atoms with van der Waals surface area (Å²) in [6, 6.07) is 10.2. The molecule has 1 fully saturated rings. The van der Waals surface area contributed by atoms with E-state index in [9.17, 15) is 14.7 Å². The van der Waals surface area contributed by atoms with Crippen LogP contribution in [-0.4, -0.2) is 48.3 Å². The number of carbonyl (C=O) groups excluding carboxylic acids is 1. The van der Waals surface area contributed by atoms with E-state index in [0.29, 0.717) is 34.9 Å². The summed E-state index contributed by atoms with van der Waals surface area (Å²) in [6.45, 7) is 4.78. The molecule has 0 radical (unpaired) electrons. The van der Waals surface area contributed by atoms with Crippen molar-refractivity contribution in [3.63, 3.8) is 0 Å². The molecular formula is C28H31N3O6S. The van der Waals surface area contributed by atoms with Gasteiger partial charge in [0.25, 0.3) is 0 Å². The van der Waals surface area contributed by atoms with Crippen LogP contribution in [0.5, 0.6) is 17.2 Å². The van der Waals surface area contributed by atoms with Crippen LogP contribution in [0.1, 0.15) is 47.7 Å². The molecular weight excluding hydrogens is 506 g/mol. The van der Waals surface area contributed by atoms with Crippen LogP contribution in [0, 0.1) is 5.92 Å². The minimum absolute atomic E-state index is 0.130. The van der Waals surface area contributed by atoms with Crippen molar-refractivity contribution in [2.45, 2.75) is 38.1 Å². The van der Waals surface area contributed by atoms with Crippen LogP contribution in [0.3, 0.4) is 0 Å². The number of hydrogen-bond acceptors (Lipinski definition) is 8. The van der Waals surface area contributed by atoms with Gasteiger partial charge in [-0.2, -0.15) is 0 Å². The number of thiazole rings is 1. The number of carbonyl (C=O) groups is 2. The second-order valence-electron chi connectivity index (χ2n) is 9.83. The number of nitrogens with zero attached hydrogens (tertiary/aromatic N) is 1. The number of amides is 1. The molecule has 2 aliphatic rings. The standard InChI is InChI=1S/C28H31N3O6S/c1-28(16-25(32)31-27-29-10-13-38-27)22-15-24(37-21-4-2-19(3-5-21)26(33)34)23(14-20(22)6-9-30-28)36-17-18-7-11-35-12-8-18/h2-5,10,13-15,18,30H,6-9,11-12,16-17H2,1H3,(H,33,34)(H,29,31,32)/t28-/m1/s1. The smallest absolute Gasteiger partial charge is 0.335 e. The molecule has 10 heteroatoms. The summed E-state index contributed by atoms with van der Waals surface area (Å²) < 4.78 is 18.0. The van der Waals surface area contributed by atoms with Crippen molar-refractivity contribution >= 4 is 28.3 Å². The molecule has 0 aliphatic carbocycles. The molecule has 3 heterocycles. The van der Waals surface area contributed by atoms with Crippen LogP contribution in [0.2, 0.25) is 0 Å². The largest absolute Gasteiger partial charge is 0.489 e. The molecule has 0 spiro atoms. The van der Waals surface area contributed by atoms with Gasteiger partial charge >= 0.3 is 5.97 Å². The number of ether oxygens (including phenoxy) is 3. The fraction of sp³-hybridized carbons (Fsp3) is 0.393. The fourth-order valence-electron chi connectivity index (χ4n) is 4.92. The van der Waals surface area contributed by atoms with E-state index in [-0.39, 0.29) is 17.9 Å². The van der Waals surface area contributed by atoms with E-state index in [1.165, 1.54) is 23.5 Å².